The Hall–Kier alpha value is -2.47. The summed E-state index contributed by atoms with van der Waals surface area (Å²) in [4.78, 5) is 26.1. The van der Waals surface area contributed by atoms with Crippen LogP contribution in [0.5, 0.6) is 0 Å². The van der Waals surface area contributed by atoms with E-state index in [0.717, 1.165) is 43.0 Å². The van der Waals surface area contributed by atoms with E-state index in [4.69, 9.17) is 5.73 Å². The summed E-state index contributed by atoms with van der Waals surface area (Å²) >= 11 is 0. The third-order valence-electron chi connectivity index (χ3n) is 6.53. The maximum absolute atomic E-state index is 13.1. The van der Waals surface area contributed by atoms with Gasteiger partial charge in [-0.2, -0.15) is 0 Å². The number of likely N-dealkylation sites (N-methyl/N-ethyl adjacent to an activating group) is 1. The number of piperidine rings is 1. The summed E-state index contributed by atoms with van der Waals surface area (Å²) in [6, 6.07) is 11.3. The zero-order valence-electron chi connectivity index (χ0n) is 16.9. The fourth-order valence-corrected chi connectivity index (χ4v) is 5.06. The van der Waals surface area contributed by atoms with E-state index < -0.39 is 0 Å². The molecule has 2 N–H and O–H groups in total. The Bertz CT molecular complexity index is 845. The maximum atomic E-state index is 13.1. The minimum absolute atomic E-state index is 0.166. The van der Waals surface area contributed by atoms with Crippen LogP contribution >= 0.6 is 0 Å². The minimum Gasteiger partial charge on any atom is -0.368 e. The highest BCUT2D eigenvalue weighted by Gasteiger charge is 2.44. The zero-order chi connectivity index (χ0) is 19.8. The Morgan fingerprint density at radius 2 is 1.82 bits per heavy atom. The van der Waals surface area contributed by atoms with Crippen molar-refractivity contribution in [1.29, 1.82) is 0 Å². The first-order chi connectivity index (χ1) is 13.4. The van der Waals surface area contributed by atoms with Gasteiger partial charge in [0.05, 0.1) is 6.42 Å². The lowest BCUT2D eigenvalue weighted by Crippen LogP contribution is -2.48. The van der Waals surface area contributed by atoms with Crippen LogP contribution in [0.3, 0.4) is 0 Å². The number of amides is 1. The molecular formula is C22H29N5O. The molecule has 3 atom stereocenters. The number of aromatic nitrogens is 2. The number of fused-ring (bicyclic) bond motifs is 1. The number of carbonyl (C=O) groups excluding carboxylic acids is 1. The molecule has 0 unspecified atom stereocenters. The number of benzene rings is 1. The Morgan fingerprint density at radius 3 is 2.50 bits per heavy atom. The van der Waals surface area contributed by atoms with Crippen molar-refractivity contribution in [2.45, 2.75) is 38.6 Å². The van der Waals surface area contributed by atoms with Gasteiger partial charge < -0.3 is 15.5 Å². The molecule has 2 saturated heterocycles. The third kappa shape index (κ3) is 3.49. The molecule has 0 spiro atoms. The molecule has 2 aliphatic rings. The van der Waals surface area contributed by atoms with Gasteiger partial charge in [-0.25, -0.2) is 9.97 Å². The quantitative estimate of drug-likeness (QED) is 0.885. The molecule has 2 aliphatic heterocycles. The zero-order valence-corrected chi connectivity index (χ0v) is 16.9. The average molecular weight is 380 g/mol. The predicted molar refractivity (Wildman–Crippen MR) is 110 cm³/mol. The number of likely N-dealkylation sites (tertiary alicyclic amines) is 2. The van der Waals surface area contributed by atoms with Gasteiger partial charge >= 0.3 is 0 Å². The van der Waals surface area contributed by atoms with Crippen molar-refractivity contribution < 1.29 is 4.79 Å². The van der Waals surface area contributed by atoms with Crippen molar-refractivity contribution in [2.75, 3.05) is 32.4 Å². The van der Waals surface area contributed by atoms with Crippen LogP contribution in [0.15, 0.2) is 30.3 Å². The highest BCUT2D eigenvalue weighted by Crippen LogP contribution is 2.40. The summed E-state index contributed by atoms with van der Waals surface area (Å²) in [5, 5.41) is 0. The van der Waals surface area contributed by atoms with Crippen molar-refractivity contribution in [3.8, 4) is 0 Å². The molecule has 3 heterocycles. The van der Waals surface area contributed by atoms with Crippen molar-refractivity contribution >= 4 is 11.9 Å². The van der Waals surface area contributed by atoms with E-state index in [2.05, 4.69) is 52.2 Å². The fraction of sp³-hybridized carbons (Fsp3) is 0.500. The van der Waals surface area contributed by atoms with Crippen molar-refractivity contribution in [2.24, 2.45) is 5.92 Å². The van der Waals surface area contributed by atoms with Gasteiger partial charge in [-0.3, -0.25) is 4.79 Å². The second kappa shape index (κ2) is 7.51. The Balaban J connectivity index is 1.51. The summed E-state index contributed by atoms with van der Waals surface area (Å²) in [6.07, 6.45) is 1.38. The second-order valence-electron chi connectivity index (χ2n) is 8.22. The highest BCUT2D eigenvalue weighted by molar-refractivity contribution is 5.79. The van der Waals surface area contributed by atoms with Gasteiger partial charge in [0.25, 0.3) is 0 Å². The summed E-state index contributed by atoms with van der Waals surface area (Å²) < 4.78 is 0. The van der Waals surface area contributed by atoms with Crippen LogP contribution in [-0.2, 0) is 11.2 Å². The molecule has 6 heteroatoms. The molecule has 2 aromatic rings. The first-order valence-corrected chi connectivity index (χ1v) is 10.1. The Labute approximate surface area is 166 Å². The van der Waals surface area contributed by atoms with E-state index in [1.165, 1.54) is 5.56 Å². The molecule has 2 fully saturated rings. The molecule has 0 bridgehead atoms. The number of carbonyl (C=O) groups is 1. The molecule has 1 amide bonds. The van der Waals surface area contributed by atoms with E-state index in [9.17, 15) is 4.79 Å². The van der Waals surface area contributed by atoms with E-state index in [1.54, 1.807) is 0 Å². The molecule has 0 radical (unpaired) electrons. The lowest BCUT2D eigenvalue weighted by Gasteiger charge is -2.38. The number of hydrogen-bond donors (Lipinski definition) is 1. The Morgan fingerprint density at radius 1 is 1.14 bits per heavy atom. The van der Waals surface area contributed by atoms with Crippen molar-refractivity contribution in [3.63, 3.8) is 0 Å². The largest absolute Gasteiger partial charge is 0.368 e. The van der Waals surface area contributed by atoms with E-state index in [-0.39, 0.29) is 11.9 Å². The topological polar surface area (TPSA) is 75.3 Å². The number of anilines is 1. The summed E-state index contributed by atoms with van der Waals surface area (Å²) in [6.45, 7) is 6.50. The standard InChI is InChI=1S/C22H29N5O/c1-14-17(15(2)25-22(23)24-14)11-21(28)27-10-9-20-19(13-27)18(12-26(20)3)16-7-5-4-6-8-16/h4-8,18-20H,9-13H2,1-3H3,(H2,23,24,25)/t18-,19-,20-/m1/s1. The molecule has 1 aromatic heterocycles. The van der Waals surface area contributed by atoms with E-state index in [0.29, 0.717) is 24.3 Å². The van der Waals surface area contributed by atoms with Gasteiger partial charge in [0.15, 0.2) is 0 Å². The number of nitrogens with two attached hydrogens (primary N) is 1. The van der Waals surface area contributed by atoms with Crippen LogP contribution in [0, 0.1) is 19.8 Å². The van der Waals surface area contributed by atoms with Gasteiger partial charge in [0.1, 0.15) is 0 Å². The monoisotopic (exact) mass is 379 g/mol. The van der Waals surface area contributed by atoms with Gasteiger partial charge in [0.2, 0.25) is 11.9 Å². The molecular weight excluding hydrogens is 350 g/mol. The fourth-order valence-electron chi connectivity index (χ4n) is 5.06. The maximum Gasteiger partial charge on any atom is 0.227 e. The van der Waals surface area contributed by atoms with Crippen LogP contribution in [0.2, 0.25) is 0 Å². The van der Waals surface area contributed by atoms with Gasteiger partial charge in [-0.1, -0.05) is 30.3 Å². The average Bonchev–Trinajstić information content (AvgIpc) is 3.01. The number of nitrogens with zero attached hydrogens (tertiary/aromatic N) is 4. The van der Waals surface area contributed by atoms with Gasteiger partial charge in [-0.05, 0) is 32.9 Å². The second-order valence-corrected chi connectivity index (χ2v) is 8.22. The van der Waals surface area contributed by atoms with Crippen LogP contribution in [0.4, 0.5) is 5.95 Å². The van der Waals surface area contributed by atoms with Crippen LogP contribution < -0.4 is 5.73 Å². The molecule has 1 aromatic carbocycles. The Kier molecular flexibility index (Phi) is 5.06. The lowest BCUT2D eigenvalue weighted by atomic mass is 9.81. The number of hydrogen-bond acceptors (Lipinski definition) is 5. The SMILES string of the molecule is Cc1nc(N)nc(C)c1CC(=O)N1CC[C@@H]2[C@H](C1)[C@@H](c1ccccc1)CN2C. The van der Waals surface area contributed by atoms with E-state index >= 15 is 0 Å². The van der Waals surface area contributed by atoms with Crippen LogP contribution in [0.1, 0.15) is 34.9 Å². The number of rotatable bonds is 3. The molecule has 148 valence electrons. The summed E-state index contributed by atoms with van der Waals surface area (Å²) in [5.41, 5.74) is 9.62. The molecule has 0 aliphatic carbocycles. The van der Waals surface area contributed by atoms with Gasteiger partial charge in [0, 0.05) is 54.5 Å². The van der Waals surface area contributed by atoms with Gasteiger partial charge in [-0.15, -0.1) is 0 Å². The molecule has 4 rings (SSSR count). The first-order valence-electron chi connectivity index (χ1n) is 10.1. The molecule has 0 saturated carbocycles. The third-order valence-corrected chi connectivity index (χ3v) is 6.53. The minimum atomic E-state index is 0.166. The number of aryl methyl sites for hydroxylation is 2. The van der Waals surface area contributed by atoms with Crippen LogP contribution in [0.25, 0.3) is 0 Å². The van der Waals surface area contributed by atoms with Crippen molar-refractivity contribution in [1.82, 2.24) is 19.8 Å². The summed E-state index contributed by atoms with van der Waals surface area (Å²) in [5.74, 6) is 1.40. The first kappa shape index (κ1) is 18.9. The highest BCUT2D eigenvalue weighted by atomic mass is 16.2. The lowest BCUT2D eigenvalue weighted by molar-refractivity contribution is -0.132. The predicted octanol–water partition coefficient (Wildman–Crippen LogP) is 2.16. The van der Waals surface area contributed by atoms with Crippen molar-refractivity contribution in [3.05, 3.63) is 52.8 Å². The van der Waals surface area contributed by atoms with E-state index in [1.807, 2.05) is 18.7 Å². The molecule has 6 nitrogen and oxygen atoms in total. The molecule has 28 heavy (non-hydrogen) atoms. The normalized spacial score (nSPS) is 25.0. The smallest absolute Gasteiger partial charge is 0.227 e. The summed E-state index contributed by atoms with van der Waals surface area (Å²) in [7, 11) is 2.22. The number of nitrogen functional groups attached to an aromatic ring is 1. The van der Waals surface area contributed by atoms with Crippen LogP contribution in [-0.4, -0.2) is 58.4 Å².